The van der Waals surface area contributed by atoms with Crippen LogP contribution in [0.15, 0.2) is 54.6 Å². The van der Waals surface area contributed by atoms with Crippen molar-refractivity contribution < 1.29 is 9.53 Å². The molecule has 1 aromatic heterocycles. The summed E-state index contributed by atoms with van der Waals surface area (Å²) in [5.41, 5.74) is 6.97. The van der Waals surface area contributed by atoms with Gasteiger partial charge in [0, 0.05) is 29.2 Å². The molecule has 2 aromatic carbocycles. The van der Waals surface area contributed by atoms with Gasteiger partial charge < -0.3 is 14.6 Å². The van der Waals surface area contributed by atoms with Crippen molar-refractivity contribution in [1.29, 1.82) is 0 Å². The first kappa shape index (κ1) is 19.3. The minimum atomic E-state index is -0.0700. The summed E-state index contributed by atoms with van der Waals surface area (Å²) in [7, 11) is 1.64. The van der Waals surface area contributed by atoms with E-state index in [1.807, 2.05) is 48.5 Å². The molecule has 4 nitrogen and oxygen atoms in total. The van der Waals surface area contributed by atoms with Gasteiger partial charge in [-0.2, -0.15) is 0 Å². The third kappa shape index (κ3) is 4.07. The number of amides is 1. The molecule has 4 rings (SSSR count). The van der Waals surface area contributed by atoms with Crippen LogP contribution in [0.4, 0.5) is 0 Å². The number of aryl methyl sites for hydroxylation is 1. The van der Waals surface area contributed by atoms with Crippen molar-refractivity contribution in [1.82, 2.24) is 9.88 Å². The van der Waals surface area contributed by atoms with Crippen LogP contribution in [-0.4, -0.2) is 17.6 Å². The average Bonchev–Trinajstić information content (AvgIpc) is 3.07. The fourth-order valence-electron chi connectivity index (χ4n) is 4.25. The second kappa shape index (κ2) is 8.16. The molecule has 0 radical (unpaired) electrons. The predicted octanol–water partition coefficient (Wildman–Crippen LogP) is 4.85. The van der Waals surface area contributed by atoms with E-state index in [4.69, 9.17) is 4.74 Å². The Balaban J connectivity index is 1.47. The molecule has 0 bridgehead atoms. The zero-order valence-corrected chi connectivity index (χ0v) is 17.4. The zero-order chi connectivity index (χ0) is 20.4. The third-order valence-corrected chi connectivity index (χ3v) is 5.79. The molecule has 0 spiro atoms. The number of ether oxygens (including phenoxy) is 1. The maximum Gasteiger partial charge on any atom is 0.251 e. The Bertz CT molecular complexity index is 1020. The number of carbonyl (C=O) groups excluding carboxylic acids is 1. The first-order valence-electron chi connectivity index (χ1n) is 10.3. The van der Waals surface area contributed by atoms with E-state index in [2.05, 4.69) is 29.8 Å². The lowest BCUT2D eigenvalue weighted by Crippen LogP contribution is -2.22. The Morgan fingerprint density at radius 1 is 1.17 bits per heavy atom. The number of aromatic nitrogens is 1. The first-order chi connectivity index (χ1) is 14.0. The Kier molecular flexibility index (Phi) is 5.43. The molecule has 3 aromatic rings. The molecule has 29 heavy (non-hydrogen) atoms. The molecule has 0 unspecified atom stereocenters. The summed E-state index contributed by atoms with van der Waals surface area (Å²) in [5.74, 6) is 1.48. The van der Waals surface area contributed by atoms with E-state index in [1.54, 1.807) is 7.11 Å². The Morgan fingerprint density at radius 2 is 1.97 bits per heavy atom. The number of fused-ring (bicyclic) bond motifs is 1. The van der Waals surface area contributed by atoms with Crippen molar-refractivity contribution >= 4 is 5.91 Å². The number of methoxy groups -OCH3 is 1. The van der Waals surface area contributed by atoms with Gasteiger partial charge in [-0.3, -0.25) is 4.79 Å². The second-order valence-corrected chi connectivity index (χ2v) is 8.02. The maximum atomic E-state index is 12.6. The minimum absolute atomic E-state index is 0.0700. The molecule has 1 atom stereocenters. The van der Waals surface area contributed by atoms with Crippen LogP contribution in [0.5, 0.6) is 5.75 Å². The van der Waals surface area contributed by atoms with Gasteiger partial charge in [0.05, 0.1) is 7.11 Å². The summed E-state index contributed by atoms with van der Waals surface area (Å²) in [6.45, 7) is 4.96. The SMILES string of the molecule is COc1cccc(CNC(=O)c2ccc(-n3c(C)cc4c3CC[C@H](C)C4)cc2)c1. The Labute approximate surface area is 172 Å². The molecule has 1 amide bonds. The van der Waals surface area contributed by atoms with Gasteiger partial charge >= 0.3 is 0 Å². The van der Waals surface area contributed by atoms with Crippen molar-refractivity contribution in [2.75, 3.05) is 7.11 Å². The van der Waals surface area contributed by atoms with Gasteiger partial charge in [-0.25, -0.2) is 0 Å². The molecule has 1 aliphatic carbocycles. The van der Waals surface area contributed by atoms with Crippen molar-refractivity contribution in [3.8, 4) is 11.4 Å². The maximum absolute atomic E-state index is 12.6. The summed E-state index contributed by atoms with van der Waals surface area (Å²) in [5, 5.41) is 2.99. The lowest BCUT2D eigenvalue weighted by atomic mass is 9.89. The van der Waals surface area contributed by atoms with Crippen LogP contribution in [0.1, 0.15) is 46.2 Å². The summed E-state index contributed by atoms with van der Waals surface area (Å²) >= 11 is 0. The number of nitrogens with one attached hydrogen (secondary N) is 1. The van der Waals surface area contributed by atoms with E-state index < -0.39 is 0 Å². The van der Waals surface area contributed by atoms with Crippen LogP contribution in [-0.2, 0) is 19.4 Å². The van der Waals surface area contributed by atoms with E-state index in [-0.39, 0.29) is 5.91 Å². The lowest BCUT2D eigenvalue weighted by molar-refractivity contribution is 0.0951. The monoisotopic (exact) mass is 388 g/mol. The van der Waals surface area contributed by atoms with Gasteiger partial charge in [0.2, 0.25) is 0 Å². The lowest BCUT2D eigenvalue weighted by Gasteiger charge is -2.21. The second-order valence-electron chi connectivity index (χ2n) is 8.02. The summed E-state index contributed by atoms with van der Waals surface area (Å²) in [6.07, 6.45) is 3.52. The standard InChI is InChI=1S/C25H28N2O2/c1-17-7-12-24-21(13-17)14-18(2)27(24)22-10-8-20(9-11-22)25(28)26-16-19-5-4-6-23(15-19)29-3/h4-6,8-11,14-15,17H,7,12-13,16H2,1-3H3,(H,26,28)/t17-/m0/s1. The quantitative estimate of drug-likeness (QED) is 0.679. The molecule has 0 aliphatic heterocycles. The number of benzene rings is 2. The average molecular weight is 389 g/mol. The Morgan fingerprint density at radius 3 is 2.72 bits per heavy atom. The van der Waals surface area contributed by atoms with Gasteiger partial charge in [0.25, 0.3) is 5.91 Å². The molecule has 0 saturated carbocycles. The van der Waals surface area contributed by atoms with Gasteiger partial charge in [-0.05, 0) is 85.7 Å². The van der Waals surface area contributed by atoms with Gasteiger partial charge in [0.1, 0.15) is 5.75 Å². The molecule has 150 valence electrons. The van der Waals surface area contributed by atoms with Crippen molar-refractivity contribution in [2.24, 2.45) is 5.92 Å². The van der Waals surface area contributed by atoms with E-state index in [0.29, 0.717) is 12.1 Å². The van der Waals surface area contributed by atoms with Gasteiger partial charge in [0.15, 0.2) is 0 Å². The molecular weight excluding hydrogens is 360 g/mol. The normalized spacial score (nSPS) is 15.6. The fourth-order valence-corrected chi connectivity index (χ4v) is 4.25. The molecule has 1 N–H and O–H groups in total. The highest BCUT2D eigenvalue weighted by molar-refractivity contribution is 5.94. The van der Waals surface area contributed by atoms with E-state index in [9.17, 15) is 4.79 Å². The van der Waals surface area contributed by atoms with Crippen LogP contribution in [0.25, 0.3) is 5.69 Å². The molecule has 1 aliphatic rings. The fraction of sp³-hybridized carbons (Fsp3) is 0.320. The summed E-state index contributed by atoms with van der Waals surface area (Å²) in [4.78, 5) is 12.6. The number of hydrogen-bond donors (Lipinski definition) is 1. The topological polar surface area (TPSA) is 43.3 Å². The van der Waals surface area contributed by atoms with Crippen molar-refractivity contribution in [3.05, 3.63) is 82.7 Å². The summed E-state index contributed by atoms with van der Waals surface area (Å²) in [6, 6.07) is 18.0. The van der Waals surface area contributed by atoms with Crippen LogP contribution in [0, 0.1) is 12.8 Å². The van der Waals surface area contributed by atoms with E-state index >= 15 is 0 Å². The van der Waals surface area contributed by atoms with Crippen LogP contribution >= 0.6 is 0 Å². The summed E-state index contributed by atoms with van der Waals surface area (Å²) < 4.78 is 7.58. The Hall–Kier alpha value is -3.01. The highest BCUT2D eigenvalue weighted by Crippen LogP contribution is 2.30. The number of hydrogen-bond acceptors (Lipinski definition) is 2. The van der Waals surface area contributed by atoms with Crippen LogP contribution in [0.3, 0.4) is 0 Å². The molecule has 4 heteroatoms. The highest BCUT2D eigenvalue weighted by Gasteiger charge is 2.21. The van der Waals surface area contributed by atoms with E-state index in [0.717, 1.165) is 35.8 Å². The van der Waals surface area contributed by atoms with Crippen LogP contribution in [0.2, 0.25) is 0 Å². The molecule has 1 heterocycles. The molecule has 0 saturated heterocycles. The third-order valence-electron chi connectivity index (χ3n) is 5.79. The zero-order valence-electron chi connectivity index (χ0n) is 17.4. The van der Waals surface area contributed by atoms with Gasteiger partial charge in [-0.15, -0.1) is 0 Å². The van der Waals surface area contributed by atoms with Crippen molar-refractivity contribution in [2.45, 2.75) is 39.7 Å². The predicted molar refractivity (Wildman–Crippen MR) is 116 cm³/mol. The smallest absolute Gasteiger partial charge is 0.251 e. The minimum Gasteiger partial charge on any atom is -0.497 e. The largest absolute Gasteiger partial charge is 0.497 e. The van der Waals surface area contributed by atoms with Crippen molar-refractivity contribution in [3.63, 3.8) is 0 Å². The number of carbonyl (C=O) groups is 1. The van der Waals surface area contributed by atoms with E-state index in [1.165, 1.54) is 23.4 Å². The number of rotatable bonds is 5. The molecular formula is C25H28N2O2. The first-order valence-corrected chi connectivity index (χ1v) is 10.3. The highest BCUT2D eigenvalue weighted by atomic mass is 16.5. The van der Waals surface area contributed by atoms with Crippen LogP contribution < -0.4 is 10.1 Å². The van der Waals surface area contributed by atoms with Gasteiger partial charge in [-0.1, -0.05) is 19.1 Å². The number of nitrogens with zero attached hydrogens (tertiary/aromatic N) is 1. The molecule has 0 fully saturated rings.